The van der Waals surface area contributed by atoms with E-state index in [9.17, 15) is 18.0 Å². The van der Waals surface area contributed by atoms with Gasteiger partial charge in [-0.1, -0.05) is 17.7 Å². The molecule has 2 aromatic carbocycles. The van der Waals surface area contributed by atoms with E-state index in [0.29, 0.717) is 5.56 Å². The summed E-state index contributed by atoms with van der Waals surface area (Å²) < 4.78 is 37.9. The monoisotopic (exact) mass is 386 g/mol. The fourth-order valence-corrected chi connectivity index (χ4v) is 2.43. The van der Waals surface area contributed by atoms with Crippen LogP contribution in [0.3, 0.4) is 0 Å². The number of anilines is 1. The van der Waals surface area contributed by atoms with Crippen molar-refractivity contribution in [3.05, 3.63) is 63.7 Å². The molecule has 0 aliphatic carbocycles. The van der Waals surface area contributed by atoms with Gasteiger partial charge in [0.1, 0.15) is 0 Å². The minimum absolute atomic E-state index is 0.0649. The summed E-state index contributed by atoms with van der Waals surface area (Å²) in [5.41, 5.74) is 1.73. The Hall–Kier alpha value is -2.12. The quantitative estimate of drug-likeness (QED) is 0.705. The van der Waals surface area contributed by atoms with E-state index in [2.05, 4.69) is 10.6 Å². The molecule has 0 spiro atoms. The van der Waals surface area contributed by atoms with Crippen molar-refractivity contribution in [2.45, 2.75) is 20.0 Å². The molecule has 0 radical (unpaired) electrons. The molecule has 132 valence electrons. The van der Waals surface area contributed by atoms with Crippen LogP contribution in [0.15, 0.2) is 36.4 Å². The molecule has 0 atom stereocenters. The lowest BCUT2D eigenvalue weighted by Gasteiger charge is -2.13. The van der Waals surface area contributed by atoms with Crippen molar-refractivity contribution >= 4 is 40.5 Å². The molecule has 0 heterocycles. The van der Waals surface area contributed by atoms with Crippen LogP contribution in [-0.2, 0) is 6.18 Å². The molecule has 0 fully saturated rings. The molecule has 25 heavy (non-hydrogen) atoms. The standard InChI is InChI=1S/C17H14ClF3N2OS/c1-9-3-4-11(7-10(9)2)15(24)23-16(25)22-14-6-5-12(8-13(14)18)17(19,20)21/h3-8H,1-2H3,(H2,22,23,24,25). The second-order valence-corrected chi connectivity index (χ2v) is 6.22. The second kappa shape index (κ2) is 7.41. The SMILES string of the molecule is Cc1ccc(C(=O)NC(=S)Nc2ccc(C(F)(F)F)cc2Cl)cc1C. The molecule has 0 unspecified atom stereocenters. The van der Waals surface area contributed by atoms with E-state index in [1.807, 2.05) is 19.9 Å². The van der Waals surface area contributed by atoms with E-state index in [1.165, 1.54) is 0 Å². The lowest BCUT2D eigenvalue weighted by atomic mass is 10.1. The van der Waals surface area contributed by atoms with Gasteiger partial charge in [0.25, 0.3) is 5.91 Å². The Bertz CT molecular complexity index is 837. The lowest BCUT2D eigenvalue weighted by Crippen LogP contribution is -2.34. The minimum Gasteiger partial charge on any atom is -0.331 e. The van der Waals surface area contributed by atoms with E-state index in [0.717, 1.165) is 29.3 Å². The first-order chi connectivity index (χ1) is 11.6. The molecule has 0 aromatic heterocycles. The van der Waals surface area contributed by atoms with Crippen molar-refractivity contribution in [2.75, 3.05) is 5.32 Å². The van der Waals surface area contributed by atoms with Crippen LogP contribution in [0.4, 0.5) is 18.9 Å². The number of rotatable bonds is 2. The smallest absolute Gasteiger partial charge is 0.331 e. The maximum atomic E-state index is 12.6. The van der Waals surface area contributed by atoms with Gasteiger partial charge in [-0.25, -0.2) is 0 Å². The molecule has 3 nitrogen and oxygen atoms in total. The number of nitrogens with one attached hydrogen (secondary N) is 2. The highest BCUT2D eigenvalue weighted by atomic mass is 35.5. The average molecular weight is 387 g/mol. The number of hydrogen-bond acceptors (Lipinski definition) is 2. The zero-order chi connectivity index (χ0) is 18.8. The molecular formula is C17H14ClF3N2OS. The van der Waals surface area contributed by atoms with Crippen LogP contribution in [0, 0.1) is 13.8 Å². The van der Waals surface area contributed by atoms with Crippen LogP contribution in [-0.4, -0.2) is 11.0 Å². The van der Waals surface area contributed by atoms with Gasteiger partial charge in [-0.15, -0.1) is 0 Å². The first kappa shape index (κ1) is 19.2. The predicted octanol–water partition coefficient (Wildman–Crippen LogP) is 5.10. The van der Waals surface area contributed by atoms with Crippen LogP contribution >= 0.6 is 23.8 Å². The number of carbonyl (C=O) groups is 1. The van der Waals surface area contributed by atoms with Crippen LogP contribution < -0.4 is 10.6 Å². The normalized spacial score (nSPS) is 11.1. The molecule has 2 N–H and O–H groups in total. The number of aryl methyl sites for hydroxylation is 2. The van der Waals surface area contributed by atoms with Gasteiger partial charge in [0.2, 0.25) is 0 Å². The van der Waals surface area contributed by atoms with E-state index in [1.54, 1.807) is 12.1 Å². The molecule has 2 rings (SSSR count). The fraction of sp³-hybridized carbons (Fsp3) is 0.176. The summed E-state index contributed by atoms with van der Waals surface area (Å²) in [6, 6.07) is 8.01. The number of amides is 1. The minimum atomic E-state index is -4.49. The third-order valence-corrected chi connectivity index (χ3v) is 4.06. The van der Waals surface area contributed by atoms with Crippen molar-refractivity contribution in [1.29, 1.82) is 0 Å². The average Bonchev–Trinajstić information content (AvgIpc) is 2.50. The Morgan fingerprint density at radius 1 is 1.08 bits per heavy atom. The Balaban J connectivity index is 2.07. The van der Waals surface area contributed by atoms with Crippen molar-refractivity contribution in [2.24, 2.45) is 0 Å². The highest BCUT2D eigenvalue weighted by Gasteiger charge is 2.30. The van der Waals surface area contributed by atoms with E-state index in [-0.39, 0.29) is 15.8 Å². The zero-order valence-corrected chi connectivity index (χ0v) is 14.9. The summed E-state index contributed by atoms with van der Waals surface area (Å²) in [4.78, 5) is 12.2. The van der Waals surface area contributed by atoms with Crippen LogP contribution in [0.2, 0.25) is 5.02 Å². The number of hydrogen-bond donors (Lipinski definition) is 2. The number of thiocarbonyl (C=S) groups is 1. The summed E-state index contributed by atoms with van der Waals surface area (Å²) in [5, 5.41) is 4.86. The largest absolute Gasteiger partial charge is 0.416 e. The lowest BCUT2D eigenvalue weighted by molar-refractivity contribution is -0.137. The number of benzene rings is 2. The molecule has 0 saturated heterocycles. The second-order valence-electron chi connectivity index (χ2n) is 5.40. The molecular weight excluding hydrogens is 373 g/mol. The molecule has 0 aliphatic rings. The summed E-state index contributed by atoms with van der Waals surface area (Å²) >= 11 is 10.8. The summed E-state index contributed by atoms with van der Waals surface area (Å²) in [6.45, 7) is 3.81. The third kappa shape index (κ3) is 4.93. The highest BCUT2D eigenvalue weighted by Crippen LogP contribution is 2.33. The highest BCUT2D eigenvalue weighted by molar-refractivity contribution is 7.80. The number of halogens is 4. The van der Waals surface area contributed by atoms with Crippen LogP contribution in [0.1, 0.15) is 27.0 Å². The van der Waals surface area contributed by atoms with Gasteiger partial charge in [-0.2, -0.15) is 13.2 Å². The van der Waals surface area contributed by atoms with Gasteiger partial charge in [-0.3, -0.25) is 10.1 Å². The Morgan fingerprint density at radius 2 is 1.76 bits per heavy atom. The van der Waals surface area contributed by atoms with E-state index < -0.39 is 17.6 Å². The number of alkyl halides is 3. The molecule has 0 bridgehead atoms. The maximum Gasteiger partial charge on any atom is 0.416 e. The van der Waals surface area contributed by atoms with E-state index >= 15 is 0 Å². The van der Waals surface area contributed by atoms with Gasteiger partial charge in [0.15, 0.2) is 5.11 Å². The zero-order valence-electron chi connectivity index (χ0n) is 13.3. The maximum absolute atomic E-state index is 12.6. The summed E-state index contributed by atoms with van der Waals surface area (Å²) in [6.07, 6.45) is -4.49. The van der Waals surface area contributed by atoms with Gasteiger partial charge in [-0.05, 0) is 67.5 Å². The van der Waals surface area contributed by atoms with E-state index in [4.69, 9.17) is 23.8 Å². The van der Waals surface area contributed by atoms with Crippen molar-refractivity contribution in [3.8, 4) is 0 Å². The number of carbonyl (C=O) groups excluding carboxylic acids is 1. The first-order valence-electron chi connectivity index (χ1n) is 7.14. The van der Waals surface area contributed by atoms with Gasteiger partial charge in [0, 0.05) is 5.56 Å². The van der Waals surface area contributed by atoms with Gasteiger partial charge < -0.3 is 5.32 Å². The third-order valence-electron chi connectivity index (χ3n) is 3.54. The molecule has 0 saturated carbocycles. The Labute approximate surface area is 153 Å². The fourth-order valence-electron chi connectivity index (χ4n) is 2.00. The predicted molar refractivity (Wildman–Crippen MR) is 96.1 cm³/mol. The Morgan fingerprint density at radius 3 is 2.32 bits per heavy atom. The topological polar surface area (TPSA) is 41.1 Å². The van der Waals surface area contributed by atoms with Crippen LogP contribution in [0.5, 0.6) is 0 Å². The molecule has 2 aromatic rings. The van der Waals surface area contributed by atoms with Gasteiger partial charge in [0.05, 0.1) is 16.3 Å². The van der Waals surface area contributed by atoms with Gasteiger partial charge >= 0.3 is 6.18 Å². The van der Waals surface area contributed by atoms with Crippen LogP contribution in [0.25, 0.3) is 0 Å². The molecule has 8 heteroatoms. The summed E-state index contributed by atoms with van der Waals surface area (Å²) in [7, 11) is 0. The van der Waals surface area contributed by atoms with Crippen molar-refractivity contribution < 1.29 is 18.0 Å². The Kier molecular flexibility index (Phi) is 5.69. The van der Waals surface area contributed by atoms with Crippen molar-refractivity contribution in [1.82, 2.24) is 5.32 Å². The summed E-state index contributed by atoms with van der Waals surface area (Å²) in [5.74, 6) is -0.427. The molecule has 1 amide bonds. The molecule has 0 aliphatic heterocycles. The first-order valence-corrected chi connectivity index (χ1v) is 7.93. The van der Waals surface area contributed by atoms with Crippen molar-refractivity contribution in [3.63, 3.8) is 0 Å².